The highest BCUT2D eigenvalue weighted by atomic mass is 19.4. The monoisotopic (exact) mass is 299 g/mol. The van der Waals surface area contributed by atoms with Gasteiger partial charge in [-0.05, 0) is 30.5 Å². The SMILES string of the molecule is CCCCc1ccc(-n2nnc(CO)c2C(F)(F)F)cc1. The van der Waals surface area contributed by atoms with Crippen molar-refractivity contribution in [3.63, 3.8) is 0 Å². The van der Waals surface area contributed by atoms with Crippen LogP contribution in [0.4, 0.5) is 13.2 Å². The zero-order valence-corrected chi connectivity index (χ0v) is 11.6. The van der Waals surface area contributed by atoms with E-state index in [0.717, 1.165) is 29.5 Å². The highest BCUT2D eigenvalue weighted by Gasteiger charge is 2.39. The summed E-state index contributed by atoms with van der Waals surface area (Å²) >= 11 is 0. The summed E-state index contributed by atoms with van der Waals surface area (Å²) in [5.74, 6) is 0. The molecular weight excluding hydrogens is 283 g/mol. The Morgan fingerprint density at radius 1 is 1.19 bits per heavy atom. The molecule has 1 aromatic carbocycles. The van der Waals surface area contributed by atoms with Crippen molar-refractivity contribution in [3.8, 4) is 5.69 Å². The summed E-state index contributed by atoms with van der Waals surface area (Å²) in [6, 6.07) is 6.73. The molecule has 0 amide bonds. The number of rotatable bonds is 5. The molecule has 2 aromatic rings. The molecule has 1 aromatic heterocycles. The summed E-state index contributed by atoms with van der Waals surface area (Å²) in [7, 11) is 0. The highest BCUT2D eigenvalue weighted by molar-refractivity contribution is 5.36. The van der Waals surface area contributed by atoms with Crippen LogP contribution in [0.25, 0.3) is 5.69 Å². The van der Waals surface area contributed by atoms with Gasteiger partial charge in [-0.3, -0.25) is 0 Å². The lowest BCUT2D eigenvalue weighted by molar-refractivity contribution is -0.143. The molecule has 2 rings (SSSR count). The van der Waals surface area contributed by atoms with Crippen molar-refractivity contribution < 1.29 is 18.3 Å². The Balaban J connectivity index is 2.36. The summed E-state index contributed by atoms with van der Waals surface area (Å²) in [6.45, 7) is 1.28. The molecule has 0 aliphatic carbocycles. The number of unbranched alkanes of at least 4 members (excludes halogenated alkanes) is 1. The molecule has 0 fully saturated rings. The maximum absolute atomic E-state index is 13.0. The zero-order chi connectivity index (χ0) is 15.5. The van der Waals surface area contributed by atoms with Crippen LogP contribution in [0.1, 0.15) is 36.7 Å². The van der Waals surface area contributed by atoms with Crippen LogP contribution in [-0.2, 0) is 19.2 Å². The van der Waals surface area contributed by atoms with Gasteiger partial charge < -0.3 is 5.11 Å². The molecule has 7 heteroatoms. The van der Waals surface area contributed by atoms with Crippen molar-refractivity contribution in [1.82, 2.24) is 15.0 Å². The summed E-state index contributed by atoms with van der Waals surface area (Å²) in [4.78, 5) is 0. The van der Waals surface area contributed by atoms with Crippen LogP contribution >= 0.6 is 0 Å². The van der Waals surface area contributed by atoms with Gasteiger partial charge in [0.1, 0.15) is 5.69 Å². The van der Waals surface area contributed by atoms with Gasteiger partial charge in [-0.2, -0.15) is 13.2 Å². The van der Waals surface area contributed by atoms with Crippen LogP contribution in [0.3, 0.4) is 0 Å². The molecule has 21 heavy (non-hydrogen) atoms. The minimum absolute atomic E-state index is 0.273. The van der Waals surface area contributed by atoms with Gasteiger partial charge in [0.15, 0.2) is 5.69 Å². The fourth-order valence-corrected chi connectivity index (χ4v) is 2.07. The molecule has 1 heterocycles. The van der Waals surface area contributed by atoms with Crippen molar-refractivity contribution in [2.75, 3.05) is 0 Å². The Labute approximate surface area is 120 Å². The average molecular weight is 299 g/mol. The fourth-order valence-electron chi connectivity index (χ4n) is 2.07. The van der Waals surface area contributed by atoms with Gasteiger partial charge >= 0.3 is 6.18 Å². The third-order valence-corrected chi connectivity index (χ3v) is 3.16. The van der Waals surface area contributed by atoms with E-state index in [-0.39, 0.29) is 5.69 Å². The number of nitrogens with zero attached hydrogens (tertiary/aromatic N) is 3. The van der Waals surface area contributed by atoms with E-state index in [1.165, 1.54) is 0 Å². The second kappa shape index (κ2) is 6.26. The minimum atomic E-state index is -4.62. The van der Waals surface area contributed by atoms with Gasteiger partial charge in [0.05, 0.1) is 12.3 Å². The van der Waals surface area contributed by atoms with E-state index < -0.39 is 24.2 Å². The Morgan fingerprint density at radius 2 is 1.86 bits per heavy atom. The van der Waals surface area contributed by atoms with E-state index in [9.17, 15) is 13.2 Å². The van der Waals surface area contributed by atoms with Gasteiger partial charge in [0.25, 0.3) is 0 Å². The molecule has 0 atom stereocenters. The number of aromatic nitrogens is 3. The van der Waals surface area contributed by atoms with E-state index in [4.69, 9.17) is 5.11 Å². The molecular formula is C14H16F3N3O. The number of hydrogen-bond donors (Lipinski definition) is 1. The predicted molar refractivity (Wildman–Crippen MR) is 70.9 cm³/mol. The molecule has 0 radical (unpaired) electrons. The smallest absolute Gasteiger partial charge is 0.390 e. The molecule has 0 aliphatic heterocycles. The topological polar surface area (TPSA) is 50.9 Å². The Kier molecular flexibility index (Phi) is 4.62. The van der Waals surface area contributed by atoms with Crippen LogP contribution in [0.2, 0.25) is 0 Å². The maximum Gasteiger partial charge on any atom is 0.435 e. The first-order chi connectivity index (χ1) is 9.97. The molecule has 4 nitrogen and oxygen atoms in total. The lowest BCUT2D eigenvalue weighted by atomic mass is 10.1. The van der Waals surface area contributed by atoms with E-state index >= 15 is 0 Å². The third kappa shape index (κ3) is 3.41. The number of hydrogen-bond acceptors (Lipinski definition) is 3. The highest BCUT2D eigenvalue weighted by Crippen LogP contribution is 2.32. The van der Waals surface area contributed by atoms with Gasteiger partial charge in [-0.25, -0.2) is 4.68 Å². The first-order valence-electron chi connectivity index (χ1n) is 6.69. The van der Waals surface area contributed by atoms with Crippen molar-refractivity contribution in [3.05, 3.63) is 41.2 Å². The number of aryl methyl sites for hydroxylation is 1. The van der Waals surface area contributed by atoms with Crippen molar-refractivity contribution in [2.45, 2.75) is 39.0 Å². The first-order valence-corrected chi connectivity index (χ1v) is 6.69. The van der Waals surface area contributed by atoms with Crippen molar-refractivity contribution >= 4 is 0 Å². The van der Waals surface area contributed by atoms with E-state index in [1.54, 1.807) is 24.3 Å². The second-order valence-electron chi connectivity index (χ2n) is 4.72. The molecule has 0 aliphatic rings. The zero-order valence-electron chi connectivity index (χ0n) is 11.6. The molecule has 0 saturated heterocycles. The normalized spacial score (nSPS) is 11.9. The lowest BCUT2D eigenvalue weighted by Gasteiger charge is -2.11. The number of aliphatic hydroxyl groups is 1. The number of halogens is 3. The van der Waals surface area contributed by atoms with E-state index in [2.05, 4.69) is 17.2 Å². The number of aliphatic hydroxyl groups excluding tert-OH is 1. The van der Waals surface area contributed by atoms with Crippen molar-refractivity contribution in [1.29, 1.82) is 0 Å². The van der Waals surface area contributed by atoms with Crippen LogP contribution in [0.15, 0.2) is 24.3 Å². The summed E-state index contributed by atoms with van der Waals surface area (Å²) in [6.07, 6.45) is -1.64. The fraction of sp³-hybridized carbons (Fsp3) is 0.429. The Morgan fingerprint density at radius 3 is 2.38 bits per heavy atom. The van der Waals surface area contributed by atoms with Gasteiger partial charge in [-0.1, -0.05) is 30.7 Å². The Bertz CT molecular complexity index is 591. The maximum atomic E-state index is 13.0. The Hall–Kier alpha value is -1.89. The molecule has 0 spiro atoms. The van der Waals surface area contributed by atoms with E-state index in [0.29, 0.717) is 0 Å². The summed E-state index contributed by atoms with van der Waals surface area (Å²) in [5, 5.41) is 15.9. The average Bonchev–Trinajstić information content (AvgIpc) is 2.89. The van der Waals surface area contributed by atoms with Crippen LogP contribution < -0.4 is 0 Å². The molecule has 0 saturated carbocycles. The van der Waals surface area contributed by atoms with Crippen LogP contribution in [-0.4, -0.2) is 20.1 Å². The number of alkyl halides is 3. The molecule has 1 N–H and O–H groups in total. The molecule has 114 valence electrons. The van der Waals surface area contributed by atoms with Crippen LogP contribution in [0, 0.1) is 0 Å². The van der Waals surface area contributed by atoms with Gasteiger partial charge in [0, 0.05) is 0 Å². The minimum Gasteiger partial charge on any atom is -0.390 e. The second-order valence-corrected chi connectivity index (χ2v) is 4.72. The molecule has 0 unspecified atom stereocenters. The summed E-state index contributed by atoms with van der Waals surface area (Å²) < 4.78 is 39.9. The summed E-state index contributed by atoms with van der Waals surface area (Å²) in [5.41, 5.74) is -0.171. The lowest BCUT2D eigenvalue weighted by Crippen LogP contribution is -2.15. The van der Waals surface area contributed by atoms with Gasteiger partial charge in [0.2, 0.25) is 0 Å². The standard InChI is InChI=1S/C14H16F3N3O/c1-2-3-4-10-5-7-11(8-6-10)20-13(14(15,16)17)12(9-21)18-19-20/h5-8,21H,2-4,9H2,1H3. The van der Waals surface area contributed by atoms with E-state index in [1.807, 2.05) is 0 Å². The first kappa shape index (κ1) is 15.5. The largest absolute Gasteiger partial charge is 0.435 e. The van der Waals surface area contributed by atoms with Crippen LogP contribution in [0.5, 0.6) is 0 Å². The molecule has 0 bridgehead atoms. The number of benzene rings is 1. The quantitative estimate of drug-likeness (QED) is 0.923. The predicted octanol–water partition coefficient (Wildman–Crippen LogP) is 3.12. The third-order valence-electron chi connectivity index (χ3n) is 3.16. The van der Waals surface area contributed by atoms with Crippen molar-refractivity contribution in [2.24, 2.45) is 0 Å². The van der Waals surface area contributed by atoms with Gasteiger partial charge in [-0.15, -0.1) is 5.10 Å².